The zero-order valence-electron chi connectivity index (χ0n) is 13.4. The first kappa shape index (κ1) is 16.1. The van der Waals surface area contributed by atoms with Gasteiger partial charge in [-0.15, -0.1) is 0 Å². The third-order valence-corrected chi connectivity index (χ3v) is 7.65. The van der Waals surface area contributed by atoms with Crippen molar-refractivity contribution in [2.24, 2.45) is 17.3 Å². The van der Waals surface area contributed by atoms with Gasteiger partial charge in [-0.05, 0) is 75.0 Å². The minimum atomic E-state index is -0.128. The van der Waals surface area contributed by atoms with E-state index in [-0.39, 0.29) is 21.7 Å². The van der Waals surface area contributed by atoms with Crippen molar-refractivity contribution in [2.75, 3.05) is 0 Å². The number of benzene rings is 1. The van der Waals surface area contributed by atoms with E-state index in [1.165, 1.54) is 24.8 Å². The molecule has 0 heterocycles. The van der Waals surface area contributed by atoms with Crippen LogP contribution in [-0.4, -0.2) is 10.2 Å². The van der Waals surface area contributed by atoms with Crippen molar-refractivity contribution in [1.29, 1.82) is 0 Å². The summed E-state index contributed by atoms with van der Waals surface area (Å²) in [7, 11) is 0. The molecule has 0 spiro atoms. The van der Waals surface area contributed by atoms with Gasteiger partial charge in [-0.3, -0.25) is 4.79 Å². The van der Waals surface area contributed by atoms with Crippen molar-refractivity contribution in [3.8, 4) is 0 Å². The summed E-state index contributed by atoms with van der Waals surface area (Å²) >= 11 is 7.46. The summed E-state index contributed by atoms with van der Waals surface area (Å²) in [6.07, 6.45) is 7.07. The van der Waals surface area contributed by atoms with E-state index >= 15 is 0 Å². The van der Waals surface area contributed by atoms with Gasteiger partial charge in [0, 0.05) is 8.80 Å². The fourth-order valence-corrected chi connectivity index (χ4v) is 7.32. The van der Waals surface area contributed by atoms with Crippen molar-refractivity contribution in [3.05, 3.63) is 34.3 Å². The fourth-order valence-electron chi connectivity index (χ4n) is 5.60. The Hall–Kier alpha value is -0.350. The maximum atomic E-state index is 13.1. The Kier molecular flexibility index (Phi) is 3.92. The quantitative estimate of drug-likeness (QED) is 0.629. The molecule has 2 nitrogen and oxygen atoms in total. The summed E-state index contributed by atoms with van der Waals surface area (Å²) in [5.74, 6) is 1.76. The smallest absolute Gasteiger partial charge is 0.226 e. The maximum absolute atomic E-state index is 13.1. The average molecular weight is 441 g/mol. The van der Waals surface area contributed by atoms with Crippen LogP contribution < -0.4 is 5.32 Å². The van der Waals surface area contributed by atoms with Gasteiger partial charge in [0.1, 0.15) is 0 Å². The van der Waals surface area contributed by atoms with Crippen LogP contribution in [0.25, 0.3) is 0 Å². The first-order valence-corrected chi connectivity index (χ1v) is 10.2. The molecule has 0 saturated heterocycles. The molecule has 1 aromatic rings. The SMILES string of the molecule is CC(NC(=O)C12CC3CC(CC(Br)(C3)C1)C2)c1ccc(Br)cc1. The second-order valence-electron chi connectivity index (χ2n) is 8.14. The number of hydrogen-bond acceptors (Lipinski definition) is 1. The first-order chi connectivity index (χ1) is 10.9. The van der Waals surface area contributed by atoms with Crippen molar-refractivity contribution < 1.29 is 4.79 Å². The lowest BCUT2D eigenvalue weighted by atomic mass is 9.49. The van der Waals surface area contributed by atoms with Gasteiger partial charge in [0.15, 0.2) is 0 Å². The molecule has 4 fully saturated rings. The van der Waals surface area contributed by atoms with Gasteiger partial charge in [-0.1, -0.05) is 44.0 Å². The predicted octanol–water partition coefficient (Wildman–Crippen LogP) is 5.36. The van der Waals surface area contributed by atoms with Crippen LogP contribution in [0.1, 0.15) is 57.1 Å². The van der Waals surface area contributed by atoms with E-state index in [9.17, 15) is 4.79 Å². The van der Waals surface area contributed by atoms with E-state index in [2.05, 4.69) is 56.2 Å². The third-order valence-electron chi connectivity index (χ3n) is 6.19. The van der Waals surface area contributed by atoms with Crippen LogP contribution in [0, 0.1) is 17.3 Å². The highest BCUT2D eigenvalue weighted by atomic mass is 79.9. The van der Waals surface area contributed by atoms with Gasteiger partial charge in [0.2, 0.25) is 5.91 Å². The zero-order valence-corrected chi connectivity index (χ0v) is 16.6. The second-order valence-corrected chi connectivity index (χ2v) is 10.7. The average Bonchev–Trinajstić information content (AvgIpc) is 2.45. The highest BCUT2D eigenvalue weighted by Gasteiger charge is 2.59. The van der Waals surface area contributed by atoms with Crippen LogP contribution in [0.3, 0.4) is 0 Å². The molecule has 5 rings (SSSR count). The number of halogens is 2. The number of hydrogen-bond donors (Lipinski definition) is 1. The van der Waals surface area contributed by atoms with Crippen molar-refractivity contribution >= 4 is 37.8 Å². The van der Waals surface area contributed by atoms with Gasteiger partial charge in [-0.2, -0.15) is 0 Å². The topological polar surface area (TPSA) is 29.1 Å². The molecule has 4 saturated carbocycles. The minimum absolute atomic E-state index is 0.0647. The molecule has 3 unspecified atom stereocenters. The number of carbonyl (C=O) groups is 1. The number of amides is 1. The lowest BCUT2D eigenvalue weighted by Gasteiger charge is -2.59. The van der Waals surface area contributed by atoms with Crippen molar-refractivity contribution in [1.82, 2.24) is 5.32 Å². The Morgan fingerprint density at radius 1 is 1.17 bits per heavy atom. The van der Waals surface area contributed by atoms with Crippen LogP contribution in [0.2, 0.25) is 0 Å². The molecule has 4 aliphatic rings. The van der Waals surface area contributed by atoms with Crippen LogP contribution in [-0.2, 0) is 4.79 Å². The molecule has 1 N–H and O–H groups in total. The zero-order chi connectivity index (χ0) is 16.2. The van der Waals surface area contributed by atoms with Crippen LogP contribution in [0.5, 0.6) is 0 Å². The van der Waals surface area contributed by atoms with E-state index in [1.54, 1.807) is 0 Å². The molecule has 4 aliphatic carbocycles. The van der Waals surface area contributed by atoms with Crippen LogP contribution in [0.4, 0.5) is 0 Å². The minimum Gasteiger partial charge on any atom is -0.349 e. The van der Waals surface area contributed by atoms with E-state index in [1.807, 2.05) is 12.1 Å². The molecule has 3 atom stereocenters. The molecular formula is C19H23Br2NO. The lowest BCUT2D eigenvalue weighted by Crippen LogP contribution is -2.58. The molecule has 124 valence electrons. The molecule has 1 amide bonds. The van der Waals surface area contributed by atoms with Gasteiger partial charge < -0.3 is 5.32 Å². The van der Waals surface area contributed by atoms with Gasteiger partial charge in [0.25, 0.3) is 0 Å². The Morgan fingerprint density at radius 3 is 2.35 bits per heavy atom. The fraction of sp³-hybridized carbons (Fsp3) is 0.632. The highest BCUT2D eigenvalue weighted by molar-refractivity contribution is 9.10. The van der Waals surface area contributed by atoms with Gasteiger partial charge in [0.05, 0.1) is 11.5 Å². The van der Waals surface area contributed by atoms with Gasteiger partial charge in [-0.25, -0.2) is 0 Å². The number of alkyl halides is 1. The van der Waals surface area contributed by atoms with Crippen molar-refractivity contribution in [2.45, 2.75) is 55.8 Å². The molecule has 0 aromatic heterocycles. The normalized spacial score (nSPS) is 39.3. The molecule has 0 aliphatic heterocycles. The van der Waals surface area contributed by atoms with E-state index in [4.69, 9.17) is 0 Å². The molecule has 4 bridgehead atoms. The summed E-state index contributed by atoms with van der Waals surface area (Å²) in [6.45, 7) is 2.09. The largest absolute Gasteiger partial charge is 0.349 e. The van der Waals surface area contributed by atoms with E-state index in [0.29, 0.717) is 0 Å². The molecule has 4 heteroatoms. The summed E-state index contributed by atoms with van der Waals surface area (Å²) < 4.78 is 1.30. The summed E-state index contributed by atoms with van der Waals surface area (Å²) in [6, 6.07) is 8.31. The Morgan fingerprint density at radius 2 is 1.78 bits per heavy atom. The summed E-state index contributed by atoms with van der Waals surface area (Å²) in [4.78, 5) is 13.1. The van der Waals surface area contributed by atoms with Crippen LogP contribution in [0.15, 0.2) is 28.7 Å². The molecular weight excluding hydrogens is 418 g/mol. The molecule has 0 radical (unpaired) electrons. The lowest BCUT2D eigenvalue weighted by molar-refractivity contribution is -0.144. The van der Waals surface area contributed by atoms with Gasteiger partial charge >= 0.3 is 0 Å². The Labute approximate surface area is 155 Å². The number of rotatable bonds is 3. The predicted molar refractivity (Wildman–Crippen MR) is 99.5 cm³/mol. The number of carbonyl (C=O) groups excluding carboxylic acids is 1. The van der Waals surface area contributed by atoms with E-state index < -0.39 is 0 Å². The summed E-state index contributed by atoms with van der Waals surface area (Å²) in [5.41, 5.74) is 1.04. The standard InChI is InChI=1S/C19H23Br2NO/c1-12(15-2-4-16(20)5-3-15)22-17(23)18-7-13-6-14(8-18)10-19(21,9-13)11-18/h2-5,12-14H,6-11H2,1H3,(H,22,23). The third kappa shape index (κ3) is 2.90. The Balaban J connectivity index is 1.51. The highest BCUT2D eigenvalue weighted by Crippen LogP contribution is 2.64. The molecule has 1 aromatic carbocycles. The van der Waals surface area contributed by atoms with Crippen LogP contribution >= 0.6 is 31.9 Å². The number of nitrogens with one attached hydrogen (secondary N) is 1. The maximum Gasteiger partial charge on any atom is 0.226 e. The summed E-state index contributed by atoms with van der Waals surface area (Å²) in [5, 5.41) is 3.31. The molecule has 23 heavy (non-hydrogen) atoms. The first-order valence-electron chi connectivity index (χ1n) is 8.63. The van der Waals surface area contributed by atoms with Crippen molar-refractivity contribution in [3.63, 3.8) is 0 Å². The second kappa shape index (κ2) is 5.59. The Bertz CT molecular complexity index is 613. The van der Waals surface area contributed by atoms with E-state index in [0.717, 1.165) is 35.6 Å². The monoisotopic (exact) mass is 439 g/mol.